The zero-order chi connectivity index (χ0) is 17.4. The summed E-state index contributed by atoms with van der Waals surface area (Å²) in [7, 11) is 1.62. The normalized spacial score (nSPS) is 10.2. The van der Waals surface area contributed by atoms with Gasteiger partial charge < -0.3 is 25.8 Å². The van der Waals surface area contributed by atoms with E-state index in [0.717, 1.165) is 5.69 Å². The van der Waals surface area contributed by atoms with Crippen LogP contribution in [-0.4, -0.2) is 42.8 Å². The summed E-state index contributed by atoms with van der Waals surface area (Å²) in [6.07, 6.45) is 1.42. The minimum Gasteiger partial charge on any atom is -0.462 e. The average Bonchev–Trinajstić information content (AvgIpc) is 2.59. The van der Waals surface area contributed by atoms with E-state index < -0.39 is 0 Å². The Kier molecular flexibility index (Phi) is 6.32. The van der Waals surface area contributed by atoms with Crippen LogP contribution in [0.5, 0.6) is 0 Å². The van der Waals surface area contributed by atoms with Crippen molar-refractivity contribution in [3.63, 3.8) is 0 Å². The summed E-state index contributed by atoms with van der Waals surface area (Å²) in [5, 5.41) is 6.18. The molecule has 0 spiro atoms. The zero-order valence-electron chi connectivity index (χ0n) is 13.7. The van der Waals surface area contributed by atoms with E-state index in [1.54, 1.807) is 38.3 Å². The summed E-state index contributed by atoms with van der Waals surface area (Å²) in [6, 6.07) is 6.86. The van der Waals surface area contributed by atoms with Gasteiger partial charge in [-0.25, -0.2) is 14.8 Å². The highest BCUT2D eigenvalue weighted by Gasteiger charge is 2.09. The van der Waals surface area contributed by atoms with Crippen molar-refractivity contribution in [2.45, 2.75) is 6.92 Å². The third-order valence-corrected chi connectivity index (χ3v) is 3.14. The summed E-state index contributed by atoms with van der Waals surface area (Å²) in [5.74, 6) is 0.664. The highest BCUT2D eigenvalue weighted by Crippen LogP contribution is 2.25. The van der Waals surface area contributed by atoms with Crippen LogP contribution in [-0.2, 0) is 9.47 Å². The number of nitrogens with zero attached hydrogens (tertiary/aromatic N) is 2. The van der Waals surface area contributed by atoms with E-state index in [1.165, 1.54) is 6.33 Å². The van der Waals surface area contributed by atoms with Gasteiger partial charge in [-0.15, -0.1) is 0 Å². The van der Waals surface area contributed by atoms with E-state index in [4.69, 9.17) is 15.2 Å². The lowest BCUT2D eigenvalue weighted by Crippen LogP contribution is -2.12. The van der Waals surface area contributed by atoms with Crippen LogP contribution < -0.4 is 16.4 Å². The number of ether oxygens (including phenoxy) is 2. The lowest BCUT2D eigenvalue weighted by Gasteiger charge is -2.12. The van der Waals surface area contributed by atoms with Crippen molar-refractivity contribution in [2.75, 3.05) is 43.2 Å². The molecule has 0 atom stereocenters. The van der Waals surface area contributed by atoms with Crippen LogP contribution in [0.3, 0.4) is 0 Å². The number of hydrogen-bond donors (Lipinski definition) is 3. The van der Waals surface area contributed by atoms with Gasteiger partial charge in [-0.3, -0.25) is 0 Å². The fraction of sp³-hybridized carbons (Fsp3) is 0.312. The third-order valence-electron chi connectivity index (χ3n) is 3.14. The molecule has 0 amide bonds. The van der Waals surface area contributed by atoms with Crippen LogP contribution in [0.25, 0.3) is 0 Å². The SMILES string of the molecule is CCOC(=O)c1ccc(Nc2ncnc(NCCOC)c2N)cc1. The Morgan fingerprint density at radius 2 is 1.92 bits per heavy atom. The smallest absolute Gasteiger partial charge is 0.338 e. The van der Waals surface area contributed by atoms with Crippen molar-refractivity contribution in [1.29, 1.82) is 0 Å². The number of anilines is 4. The van der Waals surface area contributed by atoms with Gasteiger partial charge in [-0.1, -0.05) is 0 Å². The molecule has 0 fully saturated rings. The number of carbonyl (C=O) groups excluding carboxylic acids is 1. The monoisotopic (exact) mass is 331 g/mol. The molecule has 1 aromatic carbocycles. The van der Waals surface area contributed by atoms with Gasteiger partial charge in [-0.2, -0.15) is 0 Å². The standard InChI is InChI=1S/C16H21N5O3/c1-3-24-16(22)11-4-6-12(7-5-11)21-15-13(17)14(19-10-20-15)18-8-9-23-2/h4-7,10H,3,8-9,17H2,1-2H3,(H2,18,19,20,21). The molecule has 0 saturated carbocycles. The first-order valence-corrected chi connectivity index (χ1v) is 7.53. The maximum absolute atomic E-state index is 11.6. The van der Waals surface area contributed by atoms with Crippen molar-refractivity contribution < 1.29 is 14.3 Å². The number of nitrogens with one attached hydrogen (secondary N) is 2. The van der Waals surface area contributed by atoms with Crippen molar-refractivity contribution in [3.8, 4) is 0 Å². The van der Waals surface area contributed by atoms with Gasteiger partial charge in [0.25, 0.3) is 0 Å². The van der Waals surface area contributed by atoms with E-state index in [0.29, 0.717) is 42.6 Å². The quantitative estimate of drug-likeness (QED) is 0.498. The number of nitrogen functional groups attached to an aromatic ring is 1. The second-order valence-electron chi connectivity index (χ2n) is 4.83. The van der Waals surface area contributed by atoms with Crippen molar-refractivity contribution in [1.82, 2.24) is 9.97 Å². The van der Waals surface area contributed by atoms with Crippen LogP contribution in [0.15, 0.2) is 30.6 Å². The predicted octanol–water partition coefficient (Wildman–Crippen LogP) is 2.04. The second-order valence-corrected chi connectivity index (χ2v) is 4.83. The number of nitrogens with two attached hydrogens (primary N) is 1. The minimum atomic E-state index is -0.352. The lowest BCUT2D eigenvalue weighted by atomic mass is 10.2. The Hall–Kier alpha value is -2.87. The first kappa shape index (κ1) is 17.5. The van der Waals surface area contributed by atoms with Gasteiger partial charge in [-0.05, 0) is 31.2 Å². The lowest BCUT2D eigenvalue weighted by molar-refractivity contribution is 0.0526. The maximum atomic E-state index is 11.6. The number of aromatic nitrogens is 2. The summed E-state index contributed by atoms with van der Waals surface area (Å²) >= 11 is 0. The van der Waals surface area contributed by atoms with E-state index in [9.17, 15) is 4.79 Å². The molecule has 128 valence electrons. The Morgan fingerprint density at radius 1 is 1.21 bits per heavy atom. The zero-order valence-corrected chi connectivity index (χ0v) is 13.7. The van der Waals surface area contributed by atoms with Gasteiger partial charge in [0, 0.05) is 19.3 Å². The molecule has 24 heavy (non-hydrogen) atoms. The van der Waals surface area contributed by atoms with E-state index in [-0.39, 0.29) is 5.97 Å². The van der Waals surface area contributed by atoms with Gasteiger partial charge in [0.1, 0.15) is 12.0 Å². The highest BCUT2D eigenvalue weighted by atomic mass is 16.5. The van der Waals surface area contributed by atoms with Gasteiger partial charge >= 0.3 is 5.97 Å². The van der Waals surface area contributed by atoms with Crippen molar-refractivity contribution in [2.24, 2.45) is 0 Å². The molecule has 4 N–H and O–H groups in total. The number of esters is 1. The van der Waals surface area contributed by atoms with Crippen LogP contribution in [0, 0.1) is 0 Å². The topological polar surface area (TPSA) is 111 Å². The molecule has 0 radical (unpaired) electrons. The Bertz CT molecular complexity index is 676. The summed E-state index contributed by atoms with van der Waals surface area (Å²) in [5.41, 5.74) is 7.70. The molecule has 0 saturated heterocycles. The molecule has 8 heteroatoms. The van der Waals surface area contributed by atoms with Crippen LogP contribution in [0.4, 0.5) is 23.0 Å². The molecular weight excluding hydrogens is 310 g/mol. The maximum Gasteiger partial charge on any atom is 0.338 e. The van der Waals surface area contributed by atoms with E-state index in [1.807, 2.05) is 0 Å². The minimum absolute atomic E-state index is 0.342. The summed E-state index contributed by atoms with van der Waals surface area (Å²) < 4.78 is 9.93. The number of rotatable bonds is 8. The highest BCUT2D eigenvalue weighted by molar-refractivity contribution is 5.90. The molecule has 2 aromatic rings. The van der Waals surface area contributed by atoms with Crippen molar-refractivity contribution >= 4 is 29.0 Å². The van der Waals surface area contributed by atoms with Gasteiger partial charge in [0.05, 0.1) is 18.8 Å². The largest absolute Gasteiger partial charge is 0.462 e. The summed E-state index contributed by atoms with van der Waals surface area (Å²) in [4.78, 5) is 19.9. The molecule has 0 bridgehead atoms. The fourth-order valence-corrected chi connectivity index (χ4v) is 1.95. The second kappa shape index (κ2) is 8.68. The fourth-order valence-electron chi connectivity index (χ4n) is 1.95. The Labute approximate surface area is 140 Å². The van der Waals surface area contributed by atoms with Gasteiger partial charge in [0.15, 0.2) is 11.6 Å². The van der Waals surface area contributed by atoms with E-state index >= 15 is 0 Å². The molecule has 0 aliphatic heterocycles. The van der Waals surface area contributed by atoms with Gasteiger partial charge in [0.2, 0.25) is 0 Å². The first-order valence-electron chi connectivity index (χ1n) is 7.53. The molecular formula is C16H21N5O3. The molecule has 0 aliphatic carbocycles. The number of methoxy groups -OCH3 is 1. The predicted molar refractivity (Wildman–Crippen MR) is 92.5 cm³/mol. The first-order chi connectivity index (χ1) is 11.7. The van der Waals surface area contributed by atoms with Crippen LogP contribution in [0.2, 0.25) is 0 Å². The van der Waals surface area contributed by atoms with Crippen molar-refractivity contribution in [3.05, 3.63) is 36.2 Å². The third kappa shape index (κ3) is 4.56. The Balaban J connectivity index is 2.07. The summed E-state index contributed by atoms with van der Waals surface area (Å²) in [6.45, 7) is 3.24. The Morgan fingerprint density at radius 3 is 2.58 bits per heavy atom. The number of carbonyl (C=O) groups is 1. The molecule has 1 aromatic heterocycles. The van der Waals surface area contributed by atoms with Crippen LogP contribution >= 0.6 is 0 Å². The molecule has 0 aliphatic rings. The molecule has 2 rings (SSSR count). The molecule has 0 unspecified atom stereocenters. The molecule has 8 nitrogen and oxygen atoms in total. The average molecular weight is 331 g/mol. The number of hydrogen-bond acceptors (Lipinski definition) is 8. The number of benzene rings is 1. The van der Waals surface area contributed by atoms with E-state index in [2.05, 4.69) is 20.6 Å². The molecule has 1 heterocycles. The van der Waals surface area contributed by atoms with Crippen LogP contribution in [0.1, 0.15) is 17.3 Å².